The van der Waals surface area contributed by atoms with E-state index in [9.17, 15) is 9.59 Å². The molecule has 3 rings (SSSR count). The Morgan fingerprint density at radius 2 is 1.96 bits per heavy atom. The van der Waals surface area contributed by atoms with Crippen LogP contribution in [0.2, 0.25) is 0 Å². The van der Waals surface area contributed by atoms with Gasteiger partial charge in [0, 0.05) is 30.7 Å². The number of pyridine rings is 2. The van der Waals surface area contributed by atoms with Crippen LogP contribution in [0.5, 0.6) is 0 Å². The number of aromatic nitrogens is 3. The van der Waals surface area contributed by atoms with Crippen LogP contribution in [0.1, 0.15) is 17.4 Å². The zero-order valence-corrected chi connectivity index (χ0v) is 12.9. The summed E-state index contributed by atoms with van der Waals surface area (Å²) in [6.45, 7) is 2.37. The molecule has 0 aromatic carbocycles. The average Bonchev–Trinajstić information content (AvgIpc) is 2.99. The molecule has 0 radical (unpaired) electrons. The fraction of sp³-hybridized carbons (Fsp3) is 0.125. The van der Waals surface area contributed by atoms with Crippen molar-refractivity contribution in [1.82, 2.24) is 19.7 Å². The van der Waals surface area contributed by atoms with Crippen molar-refractivity contribution >= 4 is 23.5 Å². The molecule has 3 N–H and O–H groups in total. The predicted molar refractivity (Wildman–Crippen MR) is 88.1 cm³/mol. The Kier molecular flexibility index (Phi) is 4.11. The van der Waals surface area contributed by atoms with Crippen molar-refractivity contribution in [2.24, 2.45) is 0 Å². The van der Waals surface area contributed by atoms with Crippen molar-refractivity contribution in [2.75, 3.05) is 11.9 Å². The van der Waals surface area contributed by atoms with Crippen LogP contribution in [-0.2, 0) is 0 Å². The number of fused-ring (bicyclic) bond motifs is 1. The molecule has 2 amide bonds. The van der Waals surface area contributed by atoms with Crippen LogP contribution >= 0.6 is 0 Å². The lowest BCUT2D eigenvalue weighted by atomic mass is 10.1. The van der Waals surface area contributed by atoms with Gasteiger partial charge in [0.15, 0.2) is 5.69 Å². The number of imidazole rings is 1. The number of rotatable bonds is 4. The zero-order valence-electron chi connectivity index (χ0n) is 12.9. The first-order valence-corrected chi connectivity index (χ1v) is 7.30. The Bertz CT molecular complexity index is 902. The topological polar surface area (TPSA) is 109 Å². The van der Waals surface area contributed by atoms with Gasteiger partial charge in [-0.05, 0) is 36.8 Å². The van der Waals surface area contributed by atoms with E-state index in [-0.39, 0.29) is 11.7 Å². The summed E-state index contributed by atoms with van der Waals surface area (Å²) in [6.07, 6.45) is 4.88. The Morgan fingerprint density at radius 1 is 1.17 bits per heavy atom. The number of nitrogens with one attached hydrogen (secondary N) is 2. The van der Waals surface area contributed by atoms with E-state index < -0.39 is 5.97 Å². The molecule has 0 atom stereocenters. The Hall–Kier alpha value is -3.42. The third-order valence-electron chi connectivity index (χ3n) is 3.35. The minimum absolute atomic E-state index is 0.00763. The van der Waals surface area contributed by atoms with Crippen molar-refractivity contribution in [3.8, 4) is 11.1 Å². The van der Waals surface area contributed by atoms with Gasteiger partial charge < -0.3 is 14.8 Å². The molecule has 0 spiro atoms. The van der Waals surface area contributed by atoms with Gasteiger partial charge in [0.05, 0.1) is 0 Å². The summed E-state index contributed by atoms with van der Waals surface area (Å²) in [5.74, 6) is -0.621. The number of carboxylic acid groups (broad SMARTS) is 1. The zero-order chi connectivity index (χ0) is 17.1. The fourth-order valence-corrected chi connectivity index (χ4v) is 2.23. The Morgan fingerprint density at radius 3 is 2.62 bits per heavy atom. The SMILES string of the molecule is CCNC(=O)Nc1ccc(-c2ccc3nc(C(=O)O)cn3c2)cn1. The first-order chi connectivity index (χ1) is 11.6. The molecular formula is C16H15N5O3. The van der Waals surface area contributed by atoms with Gasteiger partial charge in [-0.15, -0.1) is 0 Å². The molecule has 0 fully saturated rings. The summed E-state index contributed by atoms with van der Waals surface area (Å²) < 4.78 is 1.65. The Labute approximate surface area is 137 Å². The van der Waals surface area contributed by atoms with Crippen LogP contribution in [0.25, 0.3) is 16.8 Å². The average molecular weight is 325 g/mol. The quantitative estimate of drug-likeness (QED) is 0.681. The molecule has 3 heterocycles. The molecule has 8 heteroatoms. The number of anilines is 1. The van der Waals surface area contributed by atoms with Crippen LogP contribution in [0.15, 0.2) is 42.9 Å². The summed E-state index contributed by atoms with van der Waals surface area (Å²) in [5, 5.41) is 14.2. The third kappa shape index (κ3) is 3.17. The maximum Gasteiger partial charge on any atom is 0.356 e. The van der Waals surface area contributed by atoms with Crippen molar-refractivity contribution in [3.05, 3.63) is 48.5 Å². The van der Waals surface area contributed by atoms with Gasteiger partial charge in [0.2, 0.25) is 0 Å². The smallest absolute Gasteiger partial charge is 0.356 e. The third-order valence-corrected chi connectivity index (χ3v) is 3.35. The molecule has 0 unspecified atom stereocenters. The van der Waals surface area contributed by atoms with Gasteiger partial charge >= 0.3 is 12.0 Å². The first-order valence-electron chi connectivity index (χ1n) is 7.30. The van der Waals surface area contributed by atoms with E-state index in [0.29, 0.717) is 18.0 Å². The second-order valence-corrected chi connectivity index (χ2v) is 5.03. The standard InChI is InChI=1S/C16H15N5O3/c1-2-17-16(24)20-13-5-3-10(7-18-13)11-4-6-14-19-12(15(22)23)9-21(14)8-11/h3-9H,2H2,1H3,(H,22,23)(H2,17,18,20,24). The van der Waals surface area contributed by atoms with Gasteiger partial charge in [-0.3, -0.25) is 5.32 Å². The van der Waals surface area contributed by atoms with Crippen molar-refractivity contribution < 1.29 is 14.7 Å². The van der Waals surface area contributed by atoms with E-state index in [4.69, 9.17) is 5.11 Å². The monoisotopic (exact) mass is 325 g/mol. The van der Waals surface area contributed by atoms with Gasteiger partial charge in [0.25, 0.3) is 0 Å². The van der Waals surface area contributed by atoms with Crippen LogP contribution < -0.4 is 10.6 Å². The van der Waals surface area contributed by atoms with Crippen molar-refractivity contribution in [3.63, 3.8) is 0 Å². The van der Waals surface area contributed by atoms with Crippen molar-refractivity contribution in [1.29, 1.82) is 0 Å². The Balaban J connectivity index is 1.84. The normalized spacial score (nSPS) is 10.5. The molecule has 3 aromatic heterocycles. The van der Waals surface area contributed by atoms with E-state index in [2.05, 4.69) is 20.6 Å². The molecule has 0 aliphatic carbocycles. The van der Waals surface area contributed by atoms with E-state index in [1.165, 1.54) is 6.20 Å². The maximum atomic E-state index is 11.5. The minimum atomic E-state index is -1.07. The highest BCUT2D eigenvalue weighted by Crippen LogP contribution is 2.20. The first kappa shape index (κ1) is 15.5. The second kappa shape index (κ2) is 6.37. The maximum absolute atomic E-state index is 11.5. The molecule has 0 aliphatic heterocycles. The lowest BCUT2D eigenvalue weighted by Gasteiger charge is -2.06. The number of hydrogen-bond donors (Lipinski definition) is 3. The summed E-state index contributed by atoms with van der Waals surface area (Å²) in [5.41, 5.74) is 2.24. The van der Waals surface area contributed by atoms with Crippen LogP contribution in [0.4, 0.5) is 10.6 Å². The van der Waals surface area contributed by atoms with Crippen LogP contribution in [-0.4, -0.2) is 38.0 Å². The number of carbonyl (C=O) groups excluding carboxylic acids is 1. The lowest BCUT2D eigenvalue weighted by molar-refractivity contribution is 0.0691. The number of amides is 2. The summed E-state index contributed by atoms with van der Waals surface area (Å²) >= 11 is 0. The molecule has 8 nitrogen and oxygen atoms in total. The van der Waals surface area contributed by atoms with E-state index >= 15 is 0 Å². The van der Waals surface area contributed by atoms with Crippen molar-refractivity contribution in [2.45, 2.75) is 6.92 Å². The molecule has 24 heavy (non-hydrogen) atoms. The largest absolute Gasteiger partial charge is 0.476 e. The fourth-order valence-electron chi connectivity index (χ4n) is 2.23. The van der Waals surface area contributed by atoms with E-state index in [1.807, 2.05) is 19.1 Å². The number of aromatic carboxylic acids is 1. The number of hydrogen-bond acceptors (Lipinski definition) is 4. The number of carboxylic acids is 1. The molecule has 0 saturated heterocycles. The van der Waals surface area contributed by atoms with Gasteiger partial charge in [-0.1, -0.05) is 0 Å². The molecule has 0 saturated carbocycles. The van der Waals surface area contributed by atoms with Crippen LogP contribution in [0.3, 0.4) is 0 Å². The predicted octanol–water partition coefficient (Wildman–Crippen LogP) is 2.24. The second-order valence-electron chi connectivity index (χ2n) is 5.03. The van der Waals surface area contributed by atoms with E-state index in [0.717, 1.165) is 11.1 Å². The number of urea groups is 1. The number of nitrogens with zero attached hydrogens (tertiary/aromatic N) is 3. The van der Waals surface area contributed by atoms with Gasteiger partial charge in [-0.25, -0.2) is 19.6 Å². The molecule has 3 aromatic rings. The molecule has 0 aliphatic rings. The highest BCUT2D eigenvalue weighted by atomic mass is 16.4. The lowest BCUT2D eigenvalue weighted by Crippen LogP contribution is -2.28. The van der Waals surface area contributed by atoms with E-state index in [1.54, 1.807) is 28.9 Å². The van der Waals surface area contributed by atoms with Gasteiger partial charge in [0.1, 0.15) is 11.5 Å². The van der Waals surface area contributed by atoms with Gasteiger partial charge in [-0.2, -0.15) is 0 Å². The number of carbonyl (C=O) groups is 2. The highest BCUT2D eigenvalue weighted by Gasteiger charge is 2.09. The molecular weight excluding hydrogens is 310 g/mol. The summed E-state index contributed by atoms with van der Waals surface area (Å²) in [6, 6.07) is 6.79. The molecule has 122 valence electrons. The highest BCUT2D eigenvalue weighted by molar-refractivity contribution is 5.88. The summed E-state index contributed by atoms with van der Waals surface area (Å²) in [4.78, 5) is 30.6. The summed E-state index contributed by atoms with van der Waals surface area (Å²) in [7, 11) is 0. The van der Waals surface area contributed by atoms with Crippen LogP contribution in [0, 0.1) is 0 Å². The minimum Gasteiger partial charge on any atom is -0.476 e. The molecule has 0 bridgehead atoms.